The van der Waals surface area contributed by atoms with E-state index in [4.69, 9.17) is 11.6 Å². The summed E-state index contributed by atoms with van der Waals surface area (Å²) in [6, 6.07) is 7.74. The molecule has 3 rings (SSSR count). The average molecular weight is 277 g/mol. The van der Waals surface area contributed by atoms with Crippen LogP contribution in [-0.2, 0) is 0 Å². The molecule has 1 fully saturated rings. The van der Waals surface area contributed by atoms with Crippen molar-refractivity contribution < 1.29 is 4.79 Å². The summed E-state index contributed by atoms with van der Waals surface area (Å²) in [7, 11) is 0. The first-order valence-corrected chi connectivity index (χ1v) is 7.14. The number of aromatic nitrogens is 1. The lowest BCUT2D eigenvalue weighted by Gasteiger charge is -2.15. The van der Waals surface area contributed by atoms with Gasteiger partial charge in [0.2, 0.25) is 0 Å². The Kier molecular flexibility index (Phi) is 3.23. The smallest absolute Gasteiger partial charge is 0.267 e. The first kappa shape index (κ1) is 12.5. The van der Waals surface area contributed by atoms with Crippen molar-refractivity contribution in [2.45, 2.75) is 32.2 Å². The van der Waals surface area contributed by atoms with Crippen LogP contribution in [0, 0.1) is 5.92 Å². The van der Waals surface area contributed by atoms with Gasteiger partial charge in [0.25, 0.3) is 5.91 Å². The van der Waals surface area contributed by atoms with Gasteiger partial charge in [0, 0.05) is 22.0 Å². The third-order valence-electron chi connectivity index (χ3n) is 3.77. The van der Waals surface area contributed by atoms with Crippen LogP contribution in [0.15, 0.2) is 24.3 Å². The van der Waals surface area contributed by atoms with Gasteiger partial charge in [0.05, 0.1) is 0 Å². The van der Waals surface area contributed by atoms with Crippen LogP contribution in [-0.4, -0.2) is 16.9 Å². The zero-order valence-electron chi connectivity index (χ0n) is 10.9. The Morgan fingerprint density at radius 3 is 2.95 bits per heavy atom. The van der Waals surface area contributed by atoms with Gasteiger partial charge in [-0.05, 0) is 49.4 Å². The second-order valence-electron chi connectivity index (χ2n) is 5.24. The number of rotatable bonds is 4. The van der Waals surface area contributed by atoms with Crippen LogP contribution >= 0.6 is 11.6 Å². The molecule has 1 aliphatic rings. The number of aromatic amines is 1. The van der Waals surface area contributed by atoms with E-state index in [0.717, 1.165) is 17.3 Å². The summed E-state index contributed by atoms with van der Waals surface area (Å²) in [5.74, 6) is 0.652. The van der Waals surface area contributed by atoms with Gasteiger partial charge in [0.15, 0.2) is 0 Å². The van der Waals surface area contributed by atoms with Crippen molar-refractivity contribution in [2.75, 3.05) is 0 Å². The zero-order valence-corrected chi connectivity index (χ0v) is 11.6. The standard InChI is InChI=1S/C15H17ClN2O/c1-2-12(9-3-4-9)18-15(19)14-8-10-7-11(16)5-6-13(10)17-14/h5-9,12,17H,2-4H2,1H3,(H,18,19). The summed E-state index contributed by atoms with van der Waals surface area (Å²) in [6.45, 7) is 2.12. The Balaban J connectivity index is 1.80. The van der Waals surface area contributed by atoms with Gasteiger partial charge in [-0.2, -0.15) is 0 Å². The largest absolute Gasteiger partial charge is 0.351 e. The average Bonchev–Trinajstić information content (AvgIpc) is 3.15. The molecule has 1 aliphatic carbocycles. The lowest BCUT2D eigenvalue weighted by Crippen LogP contribution is -2.36. The van der Waals surface area contributed by atoms with Crippen molar-refractivity contribution in [2.24, 2.45) is 5.92 Å². The fourth-order valence-electron chi connectivity index (χ4n) is 2.52. The second kappa shape index (κ2) is 4.89. The first-order chi connectivity index (χ1) is 9.17. The zero-order chi connectivity index (χ0) is 13.4. The Morgan fingerprint density at radius 2 is 2.26 bits per heavy atom. The summed E-state index contributed by atoms with van der Waals surface area (Å²) in [6.07, 6.45) is 3.46. The Morgan fingerprint density at radius 1 is 1.47 bits per heavy atom. The summed E-state index contributed by atoms with van der Waals surface area (Å²) in [5, 5.41) is 4.77. The van der Waals surface area contributed by atoms with Crippen LogP contribution in [0.25, 0.3) is 10.9 Å². The van der Waals surface area contributed by atoms with Crippen molar-refractivity contribution in [3.05, 3.63) is 35.0 Å². The highest BCUT2D eigenvalue weighted by molar-refractivity contribution is 6.31. The number of H-pyrrole nitrogens is 1. The molecule has 0 spiro atoms. The predicted octanol–water partition coefficient (Wildman–Crippen LogP) is 3.74. The lowest BCUT2D eigenvalue weighted by molar-refractivity contribution is 0.0926. The van der Waals surface area contributed by atoms with Crippen LogP contribution in [0.4, 0.5) is 0 Å². The van der Waals surface area contributed by atoms with E-state index in [1.165, 1.54) is 12.8 Å². The maximum absolute atomic E-state index is 12.2. The predicted molar refractivity (Wildman–Crippen MR) is 77.6 cm³/mol. The van der Waals surface area contributed by atoms with E-state index in [9.17, 15) is 4.79 Å². The van der Waals surface area contributed by atoms with Gasteiger partial charge in [-0.3, -0.25) is 4.79 Å². The van der Waals surface area contributed by atoms with Gasteiger partial charge >= 0.3 is 0 Å². The number of amides is 1. The van der Waals surface area contributed by atoms with Gasteiger partial charge in [0.1, 0.15) is 5.69 Å². The van der Waals surface area contributed by atoms with Crippen LogP contribution in [0.3, 0.4) is 0 Å². The maximum Gasteiger partial charge on any atom is 0.267 e. The fraction of sp³-hybridized carbons (Fsp3) is 0.400. The van der Waals surface area contributed by atoms with E-state index in [2.05, 4.69) is 17.2 Å². The van der Waals surface area contributed by atoms with E-state index in [-0.39, 0.29) is 5.91 Å². The van der Waals surface area contributed by atoms with Crippen molar-refractivity contribution >= 4 is 28.4 Å². The van der Waals surface area contributed by atoms with Crippen LogP contribution in [0.2, 0.25) is 5.02 Å². The Labute approximate surface area is 117 Å². The number of hydrogen-bond donors (Lipinski definition) is 2. The Hall–Kier alpha value is -1.48. The molecule has 4 heteroatoms. The molecule has 19 heavy (non-hydrogen) atoms. The fourth-order valence-corrected chi connectivity index (χ4v) is 2.70. The second-order valence-corrected chi connectivity index (χ2v) is 5.68. The molecule has 1 saturated carbocycles. The number of fused-ring (bicyclic) bond motifs is 1. The van der Waals surface area contributed by atoms with Gasteiger partial charge in [-0.1, -0.05) is 18.5 Å². The summed E-state index contributed by atoms with van der Waals surface area (Å²) < 4.78 is 0. The summed E-state index contributed by atoms with van der Waals surface area (Å²) in [5.41, 5.74) is 1.55. The third-order valence-corrected chi connectivity index (χ3v) is 4.01. The highest BCUT2D eigenvalue weighted by atomic mass is 35.5. The minimum Gasteiger partial charge on any atom is -0.351 e. The molecule has 2 aromatic rings. The van der Waals surface area contributed by atoms with Crippen molar-refractivity contribution in [3.63, 3.8) is 0 Å². The topological polar surface area (TPSA) is 44.9 Å². The number of halogens is 1. The number of carbonyl (C=O) groups is 1. The highest BCUT2D eigenvalue weighted by Gasteiger charge is 2.31. The summed E-state index contributed by atoms with van der Waals surface area (Å²) in [4.78, 5) is 15.4. The van der Waals surface area contributed by atoms with Crippen molar-refractivity contribution in [3.8, 4) is 0 Å². The van der Waals surface area contributed by atoms with Gasteiger partial charge in [-0.25, -0.2) is 0 Å². The molecule has 0 saturated heterocycles. The van der Waals surface area contributed by atoms with E-state index in [1.807, 2.05) is 24.3 Å². The van der Waals surface area contributed by atoms with Crippen LogP contribution in [0.5, 0.6) is 0 Å². The molecule has 1 aromatic heterocycles. The Bertz CT molecular complexity index is 616. The van der Waals surface area contributed by atoms with Crippen LogP contribution in [0.1, 0.15) is 36.7 Å². The molecule has 0 bridgehead atoms. The van der Waals surface area contributed by atoms with Gasteiger partial charge < -0.3 is 10.3 Å². The molecule has 3 nitrogen and oxygen atoms in total. The molecule has 1 aromatic carbocycles. The highest BCUT2D eigenvalue weighted by Crippen LogP contribution is 2.34. The molecule has 1 heterocycles. The molecule has 1 amide bonds. The molecule has 1 atom stereocenters. The quantitative estimate of drug-likeness (QED) is 0.878. The minimum atomic E-state index is -0.0222. The normalized spacial score (nSPS) is 16.5. The molecule has 2 N–H and O–H groups in total. The molecule has 100 valence electrons. The van der Waals surface area contributed by atoms with Crippen molar-refractivity contribution in [1.82, 2.24) is 10.3 Å². The van der Waals surface area contributed by atoms with E-state index >= 15 is 0 Å². The molecular formula is C15H17ClN2O. The lowest BCUT2D eigenvalue weighted by atomic mass is 10.1. The molecule has 1 unspecified atom stereocenters. The third kappa shape index (κ3) is 2.61. The number of benzene rings is 1. The number of hydrogen-bond acceptors (Lipinski definition) is 1. The van der Waals surface area contributed by atoms with Crippen LogP contribution < -0.4 is 5.32 Å². The molecule has 0 radical (unpaired) electrons. The maximum atomic E-state index is 12.2. The number of carbonyl (C=O) groups excluding carboxylic acids is 1. The monoisotopic (exact) mass is 276 g/mol. The van der Waals surface area contributed by atoms with Crippen molar-refractivity contribution in [1.29, 1.82) is 0 Å². The van der Waals surface area contributed by atoms with E-state index in [0.29, 0.717) is 22.7 Å². The molecule has 0 aliphatic heterocycles. The number of nitrogens with one attached hydrogen (secondary N) is 2. The van der Waals surface area contributed by atoms with Gasteiger partial charge in [-0.15, -0.1) is 0 Å². The summed E-state index contributed by atoms with van der Waals surface area (Å²) >= 11 is 5.95. The van der Waals surface area contributed by atoms with E-state index in [1.54, 1.807) is 0 Å². The molecular weight excluding hydrogens is 260 g/mol. The van der Waals surface area contributed by atoms with E-state index < -0.39 is 0 Å². The minimum absolute atomic E-state index is 0.0222. The SMILES string of the molecule is CCC(NC(=O)c1cc2cc(Cl)ccc2[nH]1)C1CC1. The first-order valence-electron chi connectivity index (χ1n) is 6.76.